The third-order valence-electron chi connectivity index (χ3n) is 3.46. The maximum Gasteiger partial charge on any atom is 0.347 e. The number of thiazole rings is 1. The van der Waals surface area contributed by atoms with E-state index in [-0.39, 0.29) is 16.2 Å². The van der Waals surface area contributed by atoms with Crippen molar-refractivity contribution >= 4 is 23.2 Å². The first-order valence-electron chi connectivity index (χ1n) is 7.83. The first-order valence-corrected chi connectivity index (χ1v) is 8.64. The minimum atomic E-state index is -0.947. The van der Waals surface area contributed by atoms with E-state index in [9.17, 15) is 14.7 Å². The Labute approximate surface area is 145 Å². The van der Waals surface area contributed by atoms with Gasteiger partial charge < -0.3 is 10.4 Å². The van der Waals surface area contributed by atoms with Gasteiger partial charge in [-0.25, -0.2) is 9.78 Å². The van der Waals surface area contributed by atoms with Gasteiger partial charge in [0.15, 0.2) is 0 Å². The fraction of sp³-hybridized carbons (Fsp3) is 0.389. The van der Waals surface area contributed by atoms with Crippen molar-refractivity contribution in [3.63, 3.8) is 0 Å². The number of aromatic carboxylic acids is 1. The number of carboxylic acids is 1. The number of hydrogen-bond acceptors (Lipinski definition) is 4. The fourth-order valence-corrected chi connectivity index (χ4v) is 3.17. The van der Waals surface area contributed by atoms with Crippen LogP contribution in [0.15, 0.2) is 24.3 Å². The largest absolute Gasteiger partial charge is 0.477 e. The van der Waals surface area contributed by atoms with E-state index in [0.717, 1.165) is 10.6 Å². The van der Waals surface area contributed by atoms with Gasteiger partial charge in [0.25, 0.3) is 5.91 Å². The zero-order valence-corrected chi connectivity index (χ0v) is 15.2. The highest BCUT2D eigenvalue weighted by Crippen LogP contribution is 2.30. The summed E-state index contributed by atoms with van der Waals surface area (Å²) in [6.45, 7) is 8.50. The number of amides is 1. The number of nitrogens with one attached hydrogen (secondary N) is 1. The molecule has 0 spiro atoms. The molecule has 0 saturated heterocycles. The Morgan fingerprint density at radius 1 is 1.21 bits per heavy atom. The zero-order valence-electron chi connectivity index (χ0n) is 14.3. The number of rotatable bonds is 5. The van der Waals surface area contributed by atoms with Crippen LogP contribution in [0.2, 0.25) is 0 Å². The second-order valence-electron chi connectivity index (χ2n) is 6.58. The standard InChI is InChI=1S/C18H22N2O3S/c1-5-19-15(21)12-8-6-11(7-9-12)10-13-14(16(22)23)24-17(20-13)18(2,3)4/h6-9H,5,10H2,1-4H3,(H,19,21)(H,22,23). The van der Waals surface area contributed by atoms with Gasteiger partial charge in [-0.3, -0.25) is 4.79 Å². The van der Waals surface area contributed by atoms with Gasteiger partial charge in [-0.05, 0) is 24.6 Å². The first kappa shape index (κ1) is 18.1. The Hall–Kier alpha value is -2.21. The molecule has 6 heteroatoms. The number of aromatic nitrogens is 1. The van der Waals surface area contributed by atoms with Gasteiger partial charge in [0.05, 0.1) is 10.7 Å². The van der Waals surface area contributed by atoms with Crippen molar-refractivity contribution in [3.05, 3.63) is 51.0 Å². The van der Waals surface area contributed by atoms with Crippen molar-refractivity contribution in [3.8, 4) is 0 Å². The van der Waals surface area contributed by atoms with E-state index in [1.54, 1.807) is 12.1 Å². The molecule has 0 radical (unpaired) electrons. The Balaban J connectivity index is 2.26. The summed E-state index contributed by atoms with van der Waals surface area (Å²) in [7, 11) is 0. The number of carbonyl (C=O) groups is 2. The molecule has 24 heavy (non-hydrogen) atoms. The van der Waals surface area contributed by atoms with Crippen molar-refractivity contribution < 1.29 is 14.7 Å². The summed E-state index contributed by atoms with van der Waals surface area (Å²) in [5.41, 5.74) is 1.90. The molecule has 0 bridgehead atoms. The van der Waals surface area contributed by atoms with Crippen molar-refractivity contribution in [2.24, 2.45) is 0 Å². The van der Waals surface area contributed by atoms with Crippen LogP contribution < -0.4 is 5.32 Å². The topological polar surface area (TPSA) is 79.3 Å². The molecule has 1 aromatic carbocycles. The fourth-order valence-electron chi connectivity index (χ4n) is 2.19. The van der Waals surface area contributed by atoms with Gasteiger partial charge in [-0.15, -0.1) is 11.3 Å². The monoisotopic (exact) mass is 346 g/mol. The van der Waals surface area contributed by atoms with E-state index in [0.29, 0.717) is 24.2 Å². The average Bonchev–Trinajstić information content (AvgIpc) is 2.92. The summed E-state index contributed by atoms with van der Waals surface area (Å²) in [6, 6.07) is 7.17. The maximum absolute atomic E-state index is 11.8. The molecule has 5 nitrogen and oxygen atoms in total. The second-order valence-corrected chi connectivity index (χ2v) is 7.58. The van der Waals surface area contributed by atoms with Crippen LogP contribution in [-0.2, 0) is 11.8 Å². The third-order valence-corrected chi connectivity index (χ3v) is 4.97. The average molecular weight is 346 g/mol. The summed E-state index contributed by atoms with van der Waals surface area (Å²) in [6.07, 6.45) is 0.434. The lowest BCUT2D eigenvalue weighted by Crippen LogP contribution is -2.22. The lowest BCUT2D eigenvalue weighted by atomic mass is 9.98. The predicted molar refractivity (Wildman–Crippen MR) is 95.0 cm³/mol. The number of benzene rings is 1. The SMILES string of the molecule is CCNC(=O)c1ccc(Cc2nc(C(C)(C)C)sc2C(=O)O)cc1. The van der Waals surface area contributed by atoms with Crippen LogP contribution in [0, 0.1) is 0 Å². The molecular formula is C18H22N2O3S. The van der Waals surface area contributed by atoms with E-state index in [1.807, 2.05) is 39.8 Å². The Kier molecular flexibility index (Phi) is 5.39. The van der Waals surface area contributed by atoms with Crippen LogP contribution in [0.5, 0.6) is 0 Å². The zero-order chi connectivity index (χ0) is 17.9. The van der Waals surface area contributed by atoms with E-state index in [1.165, 1.54) is 11.3 Å². The van der Waals surface area contributed by atoms with Crippen LogP contribution in [0.3, 0.4) is 0 Å². The lowest BCUT2D eigenvalue weighted by Gasteiger charge is -2.13. The molecule has 0 aliphatic carbocycles. The summed E-state index contributed by atoms with van der Waals surface area (Å²) < 4.78 is 0. The summed E-state index contributed by atoms with van der Waals surface area (Å²) in [5, 5.41) is 13.0. The second kappa shape index (κ2) is 7.13. The molecule has 0 fully saturated rings. The van der Waals surface area contributed by atoms with Gasteiger partial charge in [-0.2, -0.15) is 0 Å². The molecule has 1 heterocycles. The number of hydrogen-bond donors (Lipinski definition) is 2. The highest BCUT2D eigenvalue weighted by atomic mass is 32.1. The minimum Gasteiger partial charge on any atom is -0.477 e. The third kappa shape index (κ3) is 4.20. The molecule has 2 N–H and O–H groups in total. The van der Waals surface area contributed by atoms with Crippen LogP contribution >= 0.6 is 11.3 Å². The minimum absolute atomic E-state index is 0.112. The van der Waals surface area contributed by atoms with Gasteiger partial charge in [-0.1, -0.05) is 32.9 Å². The van der Waals surface area contributed by atoms with Gasteiger partial charge in [0.1, 0.15) is 4.88 Å². The molecule has 0 saturated carbocycles. The van der Waals surface area contributed by atoms with Crippen LogP contribution in [0.4, 0.5) is 0 Å². The van der Waals surface area contributed by atoms with E-state index in [2.05, 4.69) is 10.3 Å². The molecule has 2 aromatic rings. The Morgan fingerprint density at radius 3 is 2.33 bits per heavy atom. The number of nitrogens with zero attached hydrogens (tertiary/aromatic N) is 1. The van der Waals surface area contributed by atoms with Gasteiger partial charge in [0.2, 0.25) is 0 Å². The molecule has 2 rings (SSSR count). The van der Waals surface area contributed by atoms with Crippen molar-refractivity contribution in [1.29, 1.82) is 0 Å². The Morgan fingerprint density at radius 2 is 1.83 bits per heavy atom. The molecule has 1 aromatic heterocycles. The molecule has 0 unspecified atom stereocenters. The van der Waals surface area contributed by atoms with Crippen LogP contribution in [-0.4, -0.2) is 28.5 Å². The van der Waals surface area contributed by atoms with E-state index < -0.39 is 5.97 Å². The van der Waals surface area contributed by atoms with Gasteiger partial charge in [0, 0.05) is 23.9 Å². The van der Waals surface area contributed by atoms with Crippen LogP contribution in [0.25, 0.3) is 0 Å². The van der Waals surface area contributed by atoms with Crippen LogP contribution in [0.1, 0.15) is 64.0 Å². The van der Waals surface area contributed by atoms with E-state index >= 15 is 0 Å². The molecule has 0 atom stereocenters. The molecule has 0 aliphatic heterocycles. The number of carboxylic acid groups (broad SMARTS) is 1. The Bertz CT molecular complexity index is 743. The first-order chi connectivity index (χ1) is 11.2. The normalized spacial score (nSPS) is 11.3. The molecular weight excluding hydrogens is 324 g/mol. The van der Waals surface area contributed by atoms with Crippen molar-refractivity contribution in [1.82, 2.24) is 10.3 Å². The quantitative estimate of drug-likeness (QED) is 0.869. The predicted octanol–water partition coefficient (Wildman–Crippen LogP) is 3.48. The van der Waals surface area contributed by atoms with Crippen molar-refractivity contribution in [2.75, 3.05) is 6.54 Å². The highest BCUT2D eigenvalue weighted by molar-refractivity contribution is 7.13. The summed E-state index contributed by atoms with van der Waals surface area (Å²) in [5.74, 6) is -1.06. The molecule has 128 valence electrons. The molecule has 1 amide bonds. The van der Waals surface area contributed by atoms with Gasteiger partial charge >= 0.3 is 5.97 Å². The molecule has 0 aliphatic rings. The number of carbonyl (C=O) groups excluding carboxylic acids is 1. The highest BCUT2D eigenvalue weighted by Gasteiger charge is 2.24. The maximum atomic E-state index is 11.8. The summed E-state index contributed by atoms with van der Waals surface area (Å²) in [4.78, 5) is 28.1. The van der Waals surface area contributed by atoms with Crippen molar-refractivity contribution in [2.45, 2.75) is 39.5 Å². The summed E-state index contributed by atoms with van der Waals surface area (Å²) >= 11 is 1.23. The smallest absolute Gasteiger partial charge is 0.347 e. The van der Waals surface area contributed by atoms with E-state index in [4.69, 9.17) is 0 Å². The lowest BCUT2D eigenvalue weighted by molar-refractivity contribution is 0.0700.